The number of likely N-dealkylation sites (tertiary alicyclic amines) is 1. The number of rotatable bonds is 5. The van der Waals surface area contributed by atoms with Gasteiger partial charge in [-0.1, -0.05) is 37.1 Å². The molecule has 2 saturated heterocycles. The highest BCUT2D eigenvalue weighted by Crippen LogP contribution is 2.50. The van der Waals surface area contributed by atoms with Gasteiger partial charge in [-0.15, -0.1) is 0 Å². The number of nitrogens with zero attached hydrogens (tertiary/aromatic N) is 3. The summed E-state index contributed by atoms with van der Waals surface area (Å²) in [5, 5.41) is 13.2. The van der Waals surface area contributed by atoms with Crippen LogP contribution < -0.4 is 10.2 Å². The summed E-state index contributed by atoms with van der Waals surface area (Å²) in [5.41, 5.74) is 5.46. The van der Waals surface area contributed by atoms with Crippen LogP contribution in [0.25, 0.3) is 0 Å². The third kappa shape index (κ3) is 3.93. The lowest BCUT2D eigenvalue weighted by Crippen LogP contribution is -2.59. The minimum absolute atomic E-state index is 0.209. The Labute approximate surface area is 204 Å². The molecular weight excluding hydrogens is 416 g/mol. The molecule has 1 saturated carbocycles. The number of hydrogen-bond donors (Lipinski definition) is 1. The van der Waals surface area contributed by atoms with E-state index in [0.717, 1.165) is 43.0 Å². The van der Waals surface area contributed by atoms with Crippen LogP contribution >= 0.6 is 0 Å². The van der Waals surface area contributed by atoms with Gasteiger partial charge in [-0.3, -0.25) is 0 Å². The van der Waals surface area contributed by atoms with Crippen molar-refractivity contribution in [1.29, 1.82) is 5.26 Å². The lowest BCUT2D eigenvalue weighted by Gasteiger charge is -2.53. The fourth-order valence-electron chi connectivity index (χ4n) is 7.66. The first-order valence-corrected chi connectivity index (χ1v) is 13.6. The quantitative estimate of drug-likeness (QED) is 0.695. The Morgan fingerprint density at radius 1 is 0.912 bits per heavy atom. The molecule has 0 amide bonds. The van der Waals surface area contributed by atoms with E-state index in [4.69, 9.17) is 5.26 Å². The number of anilines is 1. The summed E-state index contributed by atoms with van der Waals surface area (Å²) in [5.74, 6) is 2.33. The second kappa shape index (κ2) is 9.36. The van der Waals surface area contributed by atoms with Gasteiger partial charge in [0.15, 0.2) is 0 Å². The number of hydrogen-bond acceptors (Lipinski definition) is 4. The largest absolute Gasteiger partial charge is 0.371 e. The maximum absolute atomic E-state index is 9.02. The average Bonchev–Trinajstić information content (AvgIpc) is 3.42. The van der Waals surface area contributed by atoms with Gasteiger partial charge in [0.05, 0.1) is 11.6 Å². The normalized spacial score (nSPS) is 26.7. The Balaban J connectivity index is 1.09. The van der Waals surface area contributed by atoms with E-state index in [0.29, 0.717) is 0 Å². The third-order valence-corrected chi connectivity index (χ3v) is 9.34. The van der Waals surface area contributed by atoms with Crippen molar-refractivity contribution in [2.45, 2.75) is 50.5 Å². The van der Waals surface area contributed by atoms with E-state index in [9.17, 15) is 0 Å². The molecule has 3 aliphatic heterocycles. The van der Waals surface area contributed by atoms with Gasteiger partial charge < -0.3 is 15.1 Å². The number of nitrogens with one attached hydrogen (secondary N) is 1. The first-order valence-electron chi connectivity index (χ1n) is 13.6. The van der Waals surface area contributed by atoms with Gasteiger partial charge in [-0.05, 0) is 92.4 Å². The molecule has 4 aliphatic rings. The predicted octanol–water partition coefficient (Wildman–Crippen LogP) is 4.94. The van der Waals surface area contributed by atoms with E-state index in [1.165, 1.54) is 70.3 Å². The fourth-order valence-corrected chi connectivity index (χ4v) is 7.66. The van der Waals surface area contributed by atoms with Gasteiger partial charge in [0, 0.05) is 43.3 Å². The minimum Gasteiger partial charge on any atom is -0.371 e. The predicted molar refractivity (Wildman–Crippen MR) is 138 cm³/mol. The van der Waals surface area contributed by atoms with E-state index in [-0.39, 0.29) is 5.54 Å². The molecule has 0 spiro atoms. The molecule has 4 nitrogen and oxygen atoms in total. The van der Waals surface area contributed by atoms with Crippen LogP contribution in [-0.2, 0) is 12.0 Å². The molecule has 34 heavy (non-hydrogen) atoms. The van der Waals surface area contributed by atoms with Crippen molar-refractivity contribution in [3.8, 4) is 6.07 Å². The topological polar surface area (TPSA) is 42.3 Å². The van der Waals surface area contributed by atoms with E-state index < -0.39 is 0 Å². The van der Waals surface area contributed by atoms with Crippen LogP contribution in [0.3, 0.4) is 0 Å². The van der Waals surface area contributed by atoms with Gasteiger partial charge in [0.1, 0.15) is 0 Å². The molecule has 0 aromatic heterocycles. The summed E-state index contributed by atoms with van der Waals surface area (Å²) >= 11 is 0. The molecule has 0 radical (unpaired) electrons. The molecule has 2 aromatic carbocycles. The minimum atomic E-state index is 0.209. The molecule has 1 unspecified atom stereocenters. The lowest BCUT2D eigenvalue weighted by atomic mass is 9.63. The van der Waals surface area contributed by atoms with Crippen LogP contribution in [-0.4, -0.2) is 44.2 Å². The van der Waals surface area contributed by atoms with Crippen LogP contribution in [0.2, 0.25) is 0 Å². The second-order valence-corrected chi connectivity index (χ2v) is 11.2. The van der Waals surface area contributed by atoms with Crippen LogP contribution in [0.15, 0.2) is 48.5 Å². The zero-order chi connectivity index (χ0) is 23.0. The number of piperidine rings is 1. The summed E-state index contributed by atoms with van der Waals surface area (Å²) in [4.78, 5) is 5.20. The van der Waals surface area contributed by atoms with Gasteiger partial charge in [-0.2, -0.15) is 5.26 Å². The highest BCUT2D eigenvalue weighted by atomic mass is 15.2. The van der Waals surface area contributed by atoms with Gasteiger partial charge >= 0.3 is 0 Å². The lowest BCUT2D eigenvalue weighted by molar-refractivity contribution is 0.0492. The van der Waals surface area contributed by atoms with Gasteiger partial charge in [-0.25, -0.2) is 0 Å². The summed E-state index contributed by atoms with van der Waals surface area (Å²) in [6, 6.07) is 19.6. The zero-order valence-electron chi connectivity index (χ0n) is 20.4. The van der Waals surface area contributed by atoms with Crippen LogP contribution in [0.1, 0.15) is 55.2 Å². The SMILES string of the molecule is N#Cc1ccc(N2CC(CN3CCC(C4(C5CCCC5)NCCc5ccccc54)CC3)C2)cc1. The van der Waals surface area contributed by atoms with E-state index in [1.807, 2.05) is 12.1 Å². The average molecular weight is 455 g/mol. The maximum atomic E-state index is 9.02. The summed E-state index contributed by atoms with van der Waals surface area (Å²) < 4.78 is 0. The maximum Gasteiger partial charge on any atom is 0.0991 e. The number of nitriles is 1. The summed E-state index contributed by atoms with van der Waals surface area (Å²) in [6.45, 7) is 7.16. The van der Waals surface area contributed by atoms with Crippen molar-refractivity contribution in [2.24, 2.45) is 17.8 Å². The van der Waals surface area contributed by atoms with Gasteiger partial charge in [0.2, 0.25) is 0 Å². The highest BCUT2D eigenvalue weighted by Gasteiger charge is 2.49. The molecule has 6 rings (SSSR count). The van der Waals surface area contributed by atoms with Crippen molar-refractivity contribution in [3.05, 3.63) is 65.2 Å². The molecule has 4 heteroatoms. The molecule has 2 aromatic rings. The van der Waals surface area contributed by atoms with Crippen LogP contribution in [0.4, 0.5) is 5.69 Å². The number of benzene rings is 2. The fraction of sp³-hybridized carbons (Fsp3) is 0.567. The summed E-state index contributed by atoms with van der Waals surface area (Å²) in [6.07, 6.45) is 9.44. The Bertz CT molecular complexity index is 1020. The van der Waals surface area contributed by atoms with Crippen molar-refractivity contribution < 1.29 is 0 Å². The molecule has 1 N–H and O–H groups in total. The van der Waals surface area contributed by atoms with Crippen molar-refractivity contribution in [1.82, 2.24) is 10.2 Å². The van der Waals surface area contributed by atoms with Crippen LogP contribution in [0.5, 0.6) is 0 Å². The number of fused-ring (bicyclic) bond motifs is 1. The molecule has 1 aliphatic carbocycles. The first-order chi connectivity index (χ1) is 16.8. The Kier molecular flexibility index (Phi) is 6.09. The first kappa shape index (κ1) is 22.1. The third-order valence-electron chi connectivity index (χ3n) is 9.34. The second-order valence-electron chi connectivity index (χ2n) is 11.2. The Morgan fingerprint density at radius 3 is 2.35 bits per heavy atom. The zero-order valence-corrected chi connectivity index (χ0v) is 20.4. The van der Waals surface area contributed by atoms with E-state index in [2.05, 4.69) is 57.6 Å². The van der Waals surface area contributed by atoms with E-state index >= 15 is 0 Å². The molecule has 1 atom stereocenters. The van der Waals surface area contributed by atoms with Crippen molar-refractivity contribution in [2.75, 3.05) is 44.2 Å². The van der Waals surface area contributed by atoms with E-state index in [1.54, 1.807) is 11.1 Å². The van der Waals surface area contributed by atoms with Crippen molar-refractivity contribution >= 4 is 5.69 Å². The van der Waals surface area contributed by atoms with Crippen LogP contribution in [0, 0.1) is 29.1 Å². The molecule has 3 heterocycles. The Hall–Kier alpha value is -2.35. The Morgan fingerprint density at radius 2 is 1.62 bits per heavy atom. The van der Waals surface area contributed by atoms with Gasteiger partial charge in [0.25, 0.3) is 0 Å². The smallest absolute Gasteiger partial charge is 0.0991 e. The molecular formula is C30H38N4. The standard InChI is InChI=1S/C30H38N4/c31-19-23-9-11-28(12-10-23)34-21-24(22-34)20-33-17-14-27(15-18-33)30(26-6-2-3-7-26)29-8-4-1-5-25(29)13-16-32-30/h1,4-5,8-12,24,26-27,32H,2-3,6-7,13-18,20-22H2. The highest BCUT2D eigenvalue weighted by molar-refractivity contribution is 5.51. The monoisotopic (exact) mass is 454 g/mol. The molecule has 178 valence electrons. The molecule has 3 fully saturated rings. The molecule has 0 bridgehead atoms. The van der Waals surface area contributed by atoms with Crippen molar-refractivity contribution in [3.63, 3.8) is 0 Å². The summed E-state index contributed by atoms with van der Waals surface area (Å²) in [7, 11) is 0.